The Bertz CT molecular complexity index is 1070. The average Bonchev–Trinajstić information content (AvgIpc) is 2.86. The molecule has 33 heavy (non-hydrogen) atoms. The molecule has 2 amide bonds. The molecule has 5 nitrogen and oxygen atoms in total. The largest absolute Gasteiger partial charge is 0.506 e. The van der Waals surface area contributed by atoms with Gasteiger partial charge in [0.1, 0.15) is 5.75 Å². The number of carbonyl (C=O) groups excluding carboxylic acids is 2. The van der Waals surface area contributed by atoms with Gasteiger partial charge in [-0.05, 0) is 36.1 Å². The molecule has 2 unspecified atom stereocenters. The minimum Gasteiger partial charge on any atom is -0.506 e. The molecule has 4 rings (SSSR count). The lowest BCUT2D eigenvalue weighted by Gasteiger charge is -2.32. The van der Waals surface area contributed by atoms with E-state index in [0.717, 1.165) is 11.1 Å². The standard InChI is InChI=1S/C28H28N2O3/c31-26-18-10-9-17-25(26)29-27(32)23-15-7-8-16-24(23)28(33)30(19-21-11-3-1-4-12-21)20-22-13-5-2-6-14-22/h1-14,17-18,23-24,31H,15-16,19-20H2,(H,29,32). The molecule has 3 aromatic rings. The monoisotopic (exact) mass is 440 g/mol. The molecule has 0 fully saturated rings. The number of para-hydroxylation sites is 2. The van der Waals surface area contributed by atoms with Crippen LogP contribution in [0, 0.1) is 11.8 Å². The van der Waals surface area contributed by atoms with Crippen molar-refractivity contribution in [3.63, 3.8) is 0 Å². The van der Waals surface area contributed by atoms with Crippen LogP contribution in [0.1, 0.15) is 24.0 Å². The molecule has 0 saturated carbocycles. The molecule has 168 valence electrons. The Kier molecular flexibility index (Phi) is 7.20. The van der Waals surface area contributed by atoms with Gasteiger partial charge in [-0.3, -0.25) is 9.59 Å². The third-order valence-electron chi connectivity index (χ3n) is 5.99. The lowest BCUT2D eigenvalue weighted by Crippen LogP contribution is -2.42. The Labute approximate surface area is 194 Å². The second kappa shape index (κ2) is 10.6. The molecule has 0 saturated heterocycles. The zero-order valence-corrected chi connectivity index (χ0v) is 18.4. The number of amides is 2. The van der Waals surface area contributed by atoms with Crippen molar-refractivity contribution in [2.24, 2.45) is 11.8 Å². The highest BCUT2D eigenvalue weighted by atomic mass is 16.3. The first-order valence-electron chi connectivity index (χ1n) is 11.2. The number of carbonyl (C=O) groups is 2. The fourth-order valence-corrected chi connectivity index (χ4v) is 4.24. The number of allylic oxidation sites excluding steroid dienone is 2. The van der Waals surface area contributed by atoms with Gasteiger partial charge in [0.2, 0.25) is 11.8 Å². The number of nitrogens with one attached hydrogen (secondary N) is 1. The summed E-state index contributed by atoms with van der Waals surface area (Å²) in [5, 5.41) is 12.9. The highest BCUT2D eigenvalue weighted by Gasteiger charge is 2.36. The Morgan fingerprint density at radius 1 is 0.758 bits per heavy atom. The molecule has 2 N–H and O–H groups in total. The fraction of sp³-hybridized carbons (Fsp3) is 0.214. The number of nitrogens with zero attached hydrogens (tertiary/aromatic N) is 1. The van der Waals surface area contributed by atoms with Gasteiger partial charge >= 0.3 is 0 Å². The molecule has 0 heterocycles. The summed E-state index contributed by atoms with van der Waals surface area (Å²) in [6.07, 6.45) is 4.94. The normalized spacial score (nSPS) is 17.3. The fourth-order valence-electron chi connectivity index (χ4n) is 4.24. The third-order valence-corrected chi connectivity index (χ3v) is 5.99. The van der Waals surface area contributed by atoms with Gasteiger partial charge in [0.05, 0.1) is 17.5 Å². The number of benzene rings is 3. The first-order valence-corrected chi connectivity index (χ1v) is 11.2. The van der Waals surface area contributed by atoms with Crippen molar-refractivity contribution < 1.29 is 14.7 Å². The Morgan fingerprint density at radius 2 is 1.27 bits per heavy atom. The van der Waals surface area contributed by atoms with Gasteiger partial charge in [0.15, 0.2) is 0 Å². The maximum Gasteiger partial charge on any atom is 0.228 e. The predicted octanol–water partition coefficient (Wildman–Crippen LogP) is 5.14. The number of phenolic OH excluding ortho intramolecular Hbond substituents is 1. The molecule has 2 atom stereocenters. The summed E-state index contributed by atoms with van der Waals surface area (Å²) in [5.41, 5.74) is 2.44. The van der Waals surface area contributed by atoms with Crippen LogP contribution in [0.4, 0.5) is 5.69 Å². The van der Waals surface area contributed by atoms with Gasteiger partial charge in [0, 0.05) is 13.1 Å². The molecule has 0 radical (unpaired) electrons. The van der Waals surface area contributed by atoms with Gasteiger partial charge in [0.25, 0.3) is 0 Å². The highest BCUT2D eigenvalue weighted by Crippen LogP contribution is 2.31. The van der Waals surface area contributed by atoms with E-state index < -0.39 is 11.8 Å². The maximum absolute atomic E-state index is 13.8. The Balaban J connectivity index is 1.56. The zero-order valence-electron chi connectivity index (χ0n) is 18.4. The van der Waals surface area contributed by atoms with Crippen molar-refractivity contribution in [1.82, 2.24) is 4.90 Å². The highest BCUT2D eigenvalue weighted by molar-refractivity contribution is 5.97. The third kappa shape index (κ3) is 5.69. The quantitative estimate of drug-likeness (QED) is 0.395. The van der Waals surface area contributed by atoms with Crippen molar-refractivity contribution in [3.05, 3.63) is 108 Å². The van der Waals surface area contributed by atoms with Gasteiger partial charge in [-0.15, -0.1) is 0 Å². The van der Waals surface area contributed by atoms with Gasteiger partial charge in [-0.1, -0.05) is 84.9 Å². The molecule has 1 aliphatic carbocycles. The first kappa shape index (κ1) is 22.3. The van der Waals surface area contributed by atoms with Crippen LogP contribution >= 0.6 is 0 Å². The van der Waals surface area contributed by atoms with E-state index in [1.807, 2.05) is 77.7 Å². The summed E-state index contributed by atoms with van der Waals surface area (Å²) >= 11 is 0. The smallest absolute Gasteiger partial charge is 0.228 e. The summed E-state index contributed by atoms with van der Waals surface area (Å²) in [6, 6.07) is 26.4. The maximum atomic E-state index is 13.8. The van der Waals surface area contributed by atoms with Crippen LogP contribution in [0.3, 0.4) is 0 Å². The van der Waals surface area contributed by atoms with Crippen molar-refractivity contribution in [2.75, 3.05) is 5.32 Å². The van der Waals surface area contributed by atoms with Gasteiger partial charge in [-0.2, -0.15) is 0 Å². The number of hydrogen-bond donors (Lipinski definition) is 2. The van der Waals surface area contributed by atoms with Crippen LogP contribution < -0.4 is 5.32 Å². The summed E-state index contributed by atoms with van der Waals surface area (Å²) in [5.74, 6) is -1.25. The number of anilines is 1. The van der Waals surface area contributed by atoms with Gasteiger partial charge < -0.3 is 15.3 Å². The summed E-state index contributed by atoms with van der Waals surface area (Å²) < 4.78 is 0. The van der Waals surface area contributed by atoms with Crippen LogP contribution in [0.25, 0.3) is 0 Å². The molecule has 0 spiro atoms. The van der Waals surface area contributed by atoms with E-state index in [4.69, 9.17) is 0 Å². The number of aromatic hydroxyl groups is 1. The van der Waals surface area contributed by atoms with E-state index in [0.29, 0.717) is 31.6 Å². The zero-order chi connectivity index (χ0) is 23.0. The molecular weight excluding hydrogens is 412 g/mol. The minimum absolute atomic E-state index is 0.00913. The van der Waals surface area contributed by atoms with E-state index in [1.165, 1.54) is 6.07 Å². The molecular formula is C28H28N2O3. The van der Waals surface area contributed by atoms with Crippen LogP contribution in [0.5, 0.6) is 5.75 Å². The Morgan fingerprint density at radius 3 is 1.85 bits per heavy atom. The molecule has 5 heteroatoms. The number of rotatable bonds is 7. The van der Waals surface area contributed by atoms with E-state index in [9.17, 15) is 14.7 Å². The summed E-state index contributed by atoms with van der Waals surface area (Å²) in [6.45, 7) is 0.950. The summed E-state index contributed by atoms with van der Waals surface area (Å²) in [4.78, 5) is 28.8. The molecule has 0 bridgehead atoms. The molecule has 3 aromatic carbocycles. The SMILES string of the molecule is O=C(Nc1ccccc1O)C1CC=CCC1C(=O)N(Cc1ccccc1)Cc1ccccc1. The van der Waals surface area contributed by atoms with Crippen LogP contribution in [0.2, 0.25) is 0 Å². The minimum atomic E-state index is -0.504. The molecule has 0 aromatic heterocycles. The second-order valence-corrected chi connectivity index (χ2v) is 8.33. The van der Waals surface area contributed by atoms with Crippen LogP contribution in [0.15, 0.2) is 97.1 Å². The van der Waals surface area contributed by atoms with Crippen molar-refractivity contribution >= 4 is 17.5 Å². The lowest BCUT2D eigenvalue weighted by atomic mass is 9.81. The summed E-state index contributed by atoms with van der Waals surface area (Å²) in [7, 11) is 0. The van der Waals surface area contributed by atoms with Gasteiger partial charge in [-0.25, -0.2) is 0 Å². The number of hydrogen-bond acceptors (Lipinski definition) is 3. The lowest BCUT2D eigenvalue weighted by molar-refractivity contribution is -0.142. The Hall–Kier alpha value is -3.86. The average molecular weight is 441 g/mol. The number of phenols is 1. The van der Waals surface area contributed by atoms with Crippen molar-refractivity contribution in [3.8, 4) is 5.75 Å². The molecule has 1 aliphatic rings. The molecule has 0 aliphatic heterocycles. The van der Waals surface area contributed by atoms with E-state index in [-0.39, 0.29) is 17.6 Å². The van der Waals surface area contributed by atoms with E-state index in [2.05, 4.69) is 5.32 Å². The first-order chi connectivity index (χ1) is 16.1. The van der Waals surface area contributed by atoms with Crippen molar-refractivity contribution in [2.45, 2.75) is 25.9 Å². The van der Waals surface area contributed by atoms with E-state index >= 15 is 0 Å². The van der Waals surface area contributed by atoms with Crippen LogP contribution in [-0.4, -0.2) is 21.8 Å². The van der Waals surface area contributed by atoms with Crippen molar-refractivity contribution in [1.29, 1.82) is 0 Å². The predicted molar refractivity (Wildman–Crippen MR) is 129 cm³/mol. The topological polar surface area (TPSA) is 69.6 Å². The van der Waals surface area contributed by atoms with Crippen LogP contribution in [-0.2, 0) is 22.7 Å². The second-order valence-electron chi connectivity index (χ2n) is 8.33. The van der Waals surface area contributed by atoms with E-state index in [1.54, 1.807) is 18.2 Å².